The molecule has 2 atom stereocenters. The lowest BCUT2D eigenvalue weighted by atomic mass is 9.92. The lowest BCUT2D eigenvalue weighted by molar-refractivity contribution is 0.0617. The maximum absolute atomic E-state index is 12.5. The average molecular weight is 262 g/mol. The van der Waals surface area contributed by atoms with Crippen LogP contribution in [0.5, 0.6) is 0 Å². The zero-order chi connectivity index (χ0) is 13.4. The number of carbonyl (C=O) groups excluding carboxylic acids is 1. The van der Waals surface area contributed by atoms with Gasteiger partial charge in [-0.15, -0.1) is 0 Å². The number of hydrogen-bond acceptors (Lipinski definition) is 3. The van der Waals surface area contributed by atoms with Gasteiger partial charge in [0.2, 0.25) is 5.95 Å². The molecule has 104 valence electrons. The summed E-state index contributed by atoms with van der Waals surface area (Å²) in [6.07, 6.45) is 4.20. The highest BCUT2D eigenvalue weighted by Gasteiger charge is 2.28. The van der Waals surface area contributed by atoms with Gasteiger partial charge < -0.3 is 14.8 Å². The number of piperidine rings is 1. The standard InChI is InChI=1S/C14H22N4O/c1-10-6-11(2)8-18(7-10)13(19)12-9-17-5-3-4-15-14(17)16-12/h9-11H,3-8H2,1-2H3,(H,15,16). The van der Waals surface area contributed by atoms with Gasteiger partial charge >= 0.3 is 0 Å². The van der Waals surface area contributed by atoms with Crippen LogP contribution in [-0.4, -0.2) is 40.0 Å². The normalized spacial score (nSPS) is 26.7. The minimum absolute atomic E-state index is 0.0853. The van der Waals surface area contributed by atoms with Crippen LogP contribution in [0.2, 0.25) is 0 Å². The Balaban J connectivity index is 1.77. The molecule has 3 heterocycles. The highest BCUT2D eigenvalue weighted by atomic mass is 16.2. The summed E-state index contributed by atoms with van der Waals surface area (Å²) >= 11 is 0. The fourth-order valence-electron chi connectivity index (χ4n) is 3.27. The van der Waals surface area contributed by atoms with Crippen molar-refractivity contribution in [1.29, 1.82) is 0 Å². The van der Waals surface area contributed by atoms with Crippen LogP contribution < -0.4 is 5.32 Å². The van der Waals surface area contributed by atoms with Gasteiger partial charge in [0.15, 0.2) is 0 Å². The lowest BCUT2D eigenvalue weighted by Crippen LogP contribution is -2.42. The molecule has 1 amide bonds. The Morgan fingerprint density at radius 1 is 1.37 bits per heavy atom. The summed E-state index contributed by atoms with van der Waals surface area (Å²) in [4.78, 5) is 18.9. The Kier molecular flexibility index (Phi) is 3.21. The molecule has 1 aromatic heterocycles. The third kappa shape index (κ3) is 2.46. The molecule has 2 aliphatic rings. The van der Waals surface area contributed by atoms with Crippen molar-refractivity contribution in [3.63, 3.8) is 0 Å². The highest BCUT2D eigenvalue weighted by Crippen LogP contribution is 2.23. The molecule has 5 heteroatoms. The van der Waals surface area contributed by atoms with Crippen molar-refractivity contribution >= 4 is 11.9 Å². The van der Waals surface area contributed by atoms with E-state index in [1.165, 1.54) is 6.42 Å². The molecule has 0 radical (unpaired) electrons. The van der Waals surface area contributed by atoms with Gasteiger partial charge in [-0.25, -0.2) is 4.98 Å². The first-order chi connectivity index (χ1) is 9.13. The third-order valence-electron chi connectivity index (χ3n) is 4.01. The topological polar surface area (TPSA) is 50.2 Å². The fourth-order valence-corrected chi connectivity index (χ4v) is 3.27. The number of nitrogens with one attached hydrogen (secondary N) is 1. The van der Waals surface area contributed by atoms with Crippen molar-refractivity contribution in [2.24, 2.45) is 11.8 Å². The van der Waals surface area contributed by atoms with E-state index in [4.69, 9.17) is 0 Å². The van der Waals surface area contributed by atoms with Crippen LogP contribution >= 0.6 is 0 Å². The summed E-state index contributed by atoms with van der Waals surface area (Å²) < 4.78 is 2.05. The summed E-state index contributed by atoms with van der Waals surface area (Å²) in [5.74, 6) is 2.10. The zero-order valence-electron chi connectivity index (χ0n) is 11.7. The fraction of sp³-hybridized carbons (Fsp3) is 0.714. The van der Waals surface area contributed by atoms with Crippen LogP contribution in [0.25, 0.3) is 0 Å². The molecule has 5 nitrogen and oxygen atoms in total. The van der Waals surface area contributed by atoms with E-state index in [0.29, 0.717) is 17.5 Å². The van der Waals surface area contributed by atoms with E-state index in [2.05, 4.69) is 24.1 Å². The van der Waals surface area contributed by atoms with Gasteiger partial charge in [0.25, 0.3) is 5.91 Å². The van der Waals surface area contributed by atoms with E-state index >= 15 is 0 Å². The van der Waals surface area contributed by atoms with Crippen LogP contribution in [0, 0.1) is 11.8 Å². The van der Waals surface area contributed by atoms with E-state index in [1.807, 2.05) is 15.7 Å². The predicted octanol–water partition coefficient (Wildman–Crippen LogP) is 1.82. The second-order valence-electron chi connectivity index (χ2n) is 6.08. The predicted molar refractivity (Wildman–Crippen MR) is 74.2 cm³/mol. The maximum Gasteiger partial charge on any atom is 0.274 e. The molecule has 0 spiro atoms. The Hall–Kier alpha value is -1.52. The van der Waals surface area contributed by atoms with Gasteiger partial charge in [0, 0.05) is 32.4 Å². The number of likely N-dealkylation sites (tertiary alicyclic amines) is 1. The number of fused-ring (bicyclic) bond motifs is 1. The highest BCUT2D eigenvalue weighted by molar-refractivity contribution is 5.92. The molecule has 0 aromatic carbocycles. The Morgan fingerprint density at radius 2 is 2.11 bits per heavy atom. The van der Waals surface area contributed by atoms with Crippen molar-refractivity contribution in [3.8, 4) is 0 Å². The first-order valence-electron chi connectivity index (χ1n) is 7.24. The van der Waals surface area contributed by atoms with Gasteiger partial charge in [-0.1, -0.05) is 13.8 Å². The molecule has 1 aromatic rings. The number of amides is 1. The first kappa shape index (κ1) is 12.5. The Bertz CT molecular complexity index is 448. The van der Waals surface area contributed by atoms with Gasteiger partial charge in [-0.05, 0) is 24.7 Å². The first-order valence-corrected chi connectivity index (χ1v) is 7.24. The average Bonchev–Trinajstić information content (AvgIpc) is 2.80. The number of nitrogens with zero attached hydrogens (tertiary/aromatic N) is 3. The third-order valence-corrected chi connectivity index (χ3v) is 4.01. The van der Waals surface area contributed by atoms with Crippen LogP contribution in [0.1, 0.15) is 37.2 Å². The second kappa shape index (κ2) is 4.87. The van der Waals surface area contributed by atoms with Gasteiger partial charge in [-0.3, -0.25) is 4.79 Å². The molecule has 2 unspecified atom stereocenters. The van der Waals surface area contributed by atoms with Crippen molar-refractivity contribution < 1.29 is 4.79 Å². The van der Waals surface area contributed by atoms with Crippen molar-refractivity contribution in [3.05, 3.63) is 11.9 Å². The molecule has 0 saturated carbocycles. The SMILES string of the molecule is CC1CC(C)CN(C(=O)c2cn3c(n2)NCCC3)C1. The molecule has 19 heavy (non-hydrogen) atoms. The molecule has 1 N–H and O–H groups in total. The molecular formula is C14H22N4O. The van der Waals surface area contributed by atoms with Crippen LogP contribution in [0.15, 0.2) is 6.20 Å². The quantitative estimate of drug-likeness (QED) is 0.840. The minimum atomic E-state index is 0.0853. The van der Waals surface area contributed by atoms with Crippen LogP contribution in [-0.2, 0) is 6.54 Å². The van der Waals surface area contributed by atoms with E-state index in [0.717, 1.165) is 38.5 Å². The molecule has 1 saturated heterocycles. The summed E-state index contributed by atoms with van der Waals surface area (Å²) in [6.45, 7) is 8.06. The molecule has 3 rings (SSSR count). The van der Waals surface area contributed by atoms with E-state index in [9.17, 15) is 4.79 Å². The molecule has 1 fully saturated rings. The Morgan fingerprint density at radius 3 is 2.79 bits per heavy atom. The number of carbonyl (C=O) groups is 1. The van der Waals surface area contributed by atoms with Crippen molar-refractivity contribution in [2.45, 2.75) is 33.2 Å². The number of rotatable bonds is 1. The maximum atomic E-state index is 12.5. The zero-order valence-corrected chi connectivity index (χ0v) is 11.7. The van der Waals surface area contributed by atoms with E-state index in [1.54, 1.807) is 0 Å². The summed E-state index contributed by atoms with van der Waals surface area (Å²) in [5, 5.41) is 3.24. The van der Waals surface area contributed by atoms with Gasteiger partial charge in [0.1, 0.15) is 5.69 Å². The van der Waals surface area contributed by atoms with E-state index < -0.39 is 0 Å². The number of imidazole rings is 1. The molecule has 0 bridgehead atoms. The smallest absolute Gasteiger partial charge is 0.274 e. The second-order valence-corrected chi connectivity index (χ2v) is 6.08. The number of anilines is 1. The summed E-state index contributed by atoms with van der Waals surface area (Å²) in [5.41, 5.74) is 0.589. The van der Waals surface area contributed by atoms with Crippen LogP contribution in [0.3, 0.4) is 0 Å². The number of aromatic nitrogens is 2. The molecule has 0 aliphatic carbocycles. The van der Waals surface area contributed by atoms with Crippen molar-refractivity contribution in [1.82, 2.24) is 14.5 Å². The largest absolute Gasteiger partial charge is 0.356 e. The molecule has 2 aliphatic heterocycles. The minimum Gasteiger partial charge on any atom is -0.356 e. The van der Waals surface area contributed by atoms with Crippen LogP contribution in [0.4, 0.5) is 5.95 Å². The molecular weight excluding hydrogens is 240 g/mol. The number of hydrogen-bond donors (Lipinski definition) is 1. The van der Waals surface area contributed by atoms with Gasteiger partial charge in [-0.2, -0.15) is 0 Å². The number of aryl methyl sites for hydroxylation is 1. The van der Waals surface area contributed by atoms with Crippen molar-refractivity contribution in [2.75, 3.05) is 25.0 Å². The lowest BCUT2D eigenvalue weighted by Gasteiger charge is -2.34. The summed E-state index contributed by atoms with van der Waals surface area (Å²) in [6, 6.07) is 0. The Labute approximate surface area is 114 Å². The summed E-state index contributed by atoms with van der Waals surface area (Å²) in [7, 11) is 0. The van der Waals surface area contributed by atoms with E-state index in [-0.39, 0.29) is 5.91 Å². The van der Waals surface area contributed by atoms with Gasteiger partial charge in [0.05, 0.1) is 0 Å². The monoisotopic (exact) mass is 262 g/mol.